The fraction of sp³-hybridized carbons (Fsp3) is 0.200. The fourth-order valence-corrected chi connectivity index (χ4v) is 2.54. The Balaban J connectivity index is 2.68. The molecular formula is C10H8ClFOS. The maximum absolute atomic E-state index is 13.6. The van der Waals surface area contributed by atoms with Crippen molar-refractivity contribution in [3.05, 3.63) is 34.5 Å². The van der Waals surface area contributed by atoms with Crippen molar-refractivity contribution < 1.29 is 9.50 Å². The van der Waals surface area contributed by atoms with Crippen LogP contribution in [0.2, 0.25) is 0 Å². The highest BCUT2D eigenvalue weighted by Gasteiger charge is 2.10. The number of alkyl halides is 1. The van der Waals surface area contributed by atoms with Crippen LogP contribution in [0, 0.1) is 5.82 Å². The Labute approximate surface area is 89.7 Å². The summed E-state index contributed by atoms with van der Waals surface area (Å²) in [5, 5.41) is 9.46. The standard InChI is InChI=1S/C10H8ClFOS/c11-4-9-10(12)7-3-6(5-13)1-2-8(7)14-9/h1-3,13H,4-5H2. The molecule has 0 aliphatic carbocycles. The Morgan fingerprint density at radius 1 is 1.43 bits per heavy atom. The van der Waals surface area contributed by atoms with Crippen molar-refractivity contribution in [2.24, 2.45) is 0 Å². The summed E-state index contributed by atoms with van der Waals surface area (Å²) in [6, 6.07) is 5.26. The SMILES string of the molecule is OCc1ccc2sc(CCl)c(F)c2c1. The van der Waals surface area contributed by atoms with Gasteiger partial charge in [0.15, 0.2) is 0 Å². The van der Waals surface area contributed by atoms with Crippen molar-refractivity contribution >= 4 is 33.0 Å². The second-order valence-electron chi connectivity index (χ2n) is 2.96. The van der Waals surface area contributed by atoms with Crippen LogP contribution in [-0.2, 0) is 12.5 Å². The van der Waals surface area contributed by atoms with Gasteiger partial charge in [-0.25, -0.2) is 4.39 Å². The Hall–Kier alpha value is -0.640. The minimum Gasteiger partial charge on any atom is -0.392 e. The second-order valence-corrected chi connectivity index (χ2v) is 4.37. The fourth-order valence-electron chi connectivity index (χ4n) is 1.35. The Morgan fingerprint density at radius 3 is 2.86 bits per heavy atom. The van der Waals surface area contributed by atoms with Crippen LogP contribution in [0.25, 0.3) is 10.1 Å². The smallest absolute Gasteiger partial charge is 0.146 e. The van der Waals surface area contributed by atoms with Crippen molar-refractivity contribution in [1.82, 2.24) is 0 Å². The van der Waals surface area contributed by atoms with Gasteiger partial charge in [0, 0.05) is 10.1 Å². The van der Waals surface area contributed by atoms with Gasteiger partial charge in [-0.1, -0.05) is 6.07 Å². The van der Waals surface area contributed by atoms with Gasteiger partial charge in [-0.3, -0.25) is 0 Å². The van der Waals surface area contributed by atoms with E-state index in [2.05, 4.69) is 0 Å². The molecule has 0 aliphatic heterocycles. The van der Waals surface area contributed by atoms with Crippen molar-refractivity contribution in [2.75, 3.05) is 0 Å². The number of benzene rings is 1. The third-order valence-electron chi connectivity index (χ3n) is 2.06. The van der Waals surface area contributed by atoms with Crippen LogP contribution in [0.4, 0.5) is 4.39 Å². The summed E-state index contributed by atoms with van der Waals surface area (Å²) in [7, 11) is 0. The van der Waals surface area contributed by atoms with E-state index in [0.717, 1.165) is 10.3 Å². The Morgan fingerprint density at radius 2 is 2.21 bits per heavy atom. The summed E-state index contributed by atoms with van der Waals surface area (Å²) in [5.74, 6) is -0.0603. The quantitative estimate of drug-likeness (QED) is 0.786. The molecule has 0 unspecified atom stereocenters. The Kier molecular flexibility index (Phi) is 2.72. The molecule has 0 atom stereocenters. The van der Waals surface area contributed by atoms with Gasteiger partial charge in [-0.05, 0) is 17.7 Å². The van der Waals surface area contributed by atoms with Crippen molar-refractivity contribution in [1.29, 1.82) is 0 Å². The van der Waals surface area contributed by atoms with Crippen molar-refractivity contribution in [3.63, 3.8) is 0 Å². The highest BCUT2D eigenvalue weighted by molar-refractivity contribution is 7.19. The normalized spacial score (nSPS) is 11.1. The molecule has 1 nitrogen and oxygen atoms in total. The van der Waals surface area contributed by atoms with Gasteiger partial charge in [-0.15, -0.1) is 22.9 Å². The maximum atomic E-state index is 13.6. The monoisotopic (exact) mass is 230 g/mol. The van der Waals surface area contributed by atoms with Crippen LogP contribution in [0.5, 0.6) is 0 Å². The van der Waals surface area contributed by atoms with Crippen LogP contribution < -0.4 is 0 Å². The lowest BCUT2D eigenvalue weighted by Gasteiger charge is -1.95. The van der Waals surface area contributed by atoms with Crippen molar-refractivity contribution in [2.45, 2.75) is 12.5 Å². The van der Waals surface area contributed by atoms with Gasteiger partial charge >= 0.3 is 0 Å². The molecule has 0 amide bonds. The lowest BCUT2D eigenvalue weighted by molar-refractivity contribution is 0.282. The number of aliphatic hydroxyl groups excluding tert-OH is 1. The van der Waals surface area contributed by atoms with E-state index in [0.29, 0.717) is 10.3 Å². The molecule has 1 heterocycles. The number of thiophene rings is 1. The molecule has 0 spiro atoms. The molecule has 1 aromatic heterocycles. The third-order valence-corrected chi connectivity index (χ3v) is 3.63. The van der Waals surface area contributed by atoms with Gasteiger partial charge in [-0.2, -0.15) is 0 Å². The van der Waals surface area contributed by atoms with Crippen LogP contribution in [-0.4, -0.2) is 5.11 Å². The maximum Gasteiger partial charge on any atom is 0.146 e. The van der Waals surface area contributed by atoms with E-state index in [4.69, 9.17) is 16.7 Å². The first-order chi connectivity index (χ1) is 6.76. The number of rotatable bonds is 2. The minimum absolute atomic E-state index is 0.0680. The van der Waals surface area contributed by atoms with E-state index < -0.39 is 0 Å². The molecule has 14 heavy (non-hydrogen) atoms. The number of hydrogen-bond acceptors (Lipinski definition) is 2. The molecule has 1 aromatic carbocycles. The van der Waals surface area contributed by atoms with Crippen LogP contribution in [0.3, 0.4) is 0 Å². The highest BCUT2D eigenvalue weighted by atomic mass is 35.5. The summed E-state index contributed by atoms with van der Waals surface area (Å²) >= 11 is 6.95. The van der Waals surface area contributed by atoms with Gasteiger partial charge in [0.25, 0.3) is 0 Å². The molecule has 74 valence electrons. The van der Waals surface area contributed by atoms with Crippen LogP contribution in [0.15, 0.2) is 18.2 Å². The third kappa shape index (κ3) is 1.52. The van der Waals surface area contributed by atoms with E-state index in [1.165, 1.54) is 11.3 Å². The van der Waals surface area contributed by atoms with E-state index in [9.17, 15) is 4.39 Å². The molecule has 4 heteroatoms. The van der Waals surface area contributed by atoms with E-state index in [1.54, 1.807) is 12.1 Å². The minimum atomic E-state index is -0.254. The molecule has 0 saturated heterocycles. The van der Waals surface area contributed by atoms with E-state index >= 15 is 0 Å². The predicted octanol–water partition coefficient (Wildman–Crippen LogP) is 3.27. The number of hydrogen-bond donors (Lipinski definition) is 1. The van der Waals surface area contributed by atoms with Gasteiger partial charge in [0.1, 0.15) is 5.82 Å². The zero-order chi connectivity index (χ0) is 10.1. The van der Waals surface area contributed by atoms with E-state index in [-0.39, 0.29) is 18.3 Å². The molecule has 0 bridgehead atoms. The lowest BCUT2D eigenvalue weighted by atomic mass is 10.1. The molecule has 2 aromatic rings. The number of fused-ring (bicyclic) bond motifs is 1. The summed E-state index contributed by atoms with van der Waals surface area (Å²) in [4.78, 5) is 0.553. The summed E-state index contributed by atoms with van der Waals surface area (Å²) in [6.07, 6.45) is 0. The zero-order valence-corrected chi connectivity index (χ0v) is 8.83. The average molecular weight is 231 g/mol. The molecule has 0 fully saturated rings. The summed E-state index contributed by atoms with van der Waals surface area (Å²) in [6.45, 7) is -0.0680. The Bertz CT molecular complexity index is 466. The van der Waals surface area contributed by atoms with Crippen LogP contribution >= 0.6 is 22.9 Å². The first-order valence-corrected chi connectivity index (χ1v) is 5.48. The first-order valence-electron chi connectivity index (χ1n) is 4.13. The molecule has 2 rings (SSSR count). The number of aliphatic hydroxyl groups is 1. The topological polar surface area (TPSA) is 20.2 Å². The first kappa shape index (κ1) is 9.90. The molecule has 0 radical (unpaired) electrons. The van der Waals surface area contributed by atoms with E-state index in [1.807, 2.05) is 6.07 Å². The number of halogens is 2. The van der Waals surface area contributed by atoms with Gasteiger partial charge in [0.2, 0.25) is 0 Å². The molecule has 0 saturated carbocycles. The molecule has 0 aliphatic rings. The largest absolute Gasteiger partial charge is 0.392 e. The zero-order valence-electron chi connectivity index (χ0n) is 7.26. The lowest BCUT2D eigenvalue weighted by Crippen LogP contribution is -1.82. The van der Waals surface area contributed by atoms with Crippen LogP contribution in [0.1, 0.15) is 10.4 Å². The average Bonchev–Trinajstić information content (AvgIpc) is 2.55. The summed E-state index contributed by atoms with van der Waals surface area (Å²) < 4.78 is 14.5. The van der Waals surface area contributed by atoms with Gasteiger partial charge < -0.3 is 5.11 Å². The highest BCUT2D eigenvalue weighted by Crippen LogP contribution is 2.31. The molecule has 1 N–H and O–H groups in total. The molecular weight excluding hydrogens is 223 g/mol. The van der Waals surface area contributed by atoms with Gasteiger partial charge in [0.05, 0.1) is 17.4 Å². The van der Waals surface area contributed by atoms with Crippen molar-refractivity contribution in [3.8, 4) is 0 Å². The summed E-state index contributed by atoms with van der Waals surface area (Å²) in [5.41, 5.74) is 0.718. The predicted molar refractivity (Wildman–Crippen MR) is 57.3 cm³/mol. The second kappa shape index (κ2) is 3.85.